The molecule has 1 aliphatic heterocycles. The molecule has 14 heavy (non-hydrogen) atoms. The molecule has 1 heterocycles. The molecular formula is C12H17IN-. The molecule has 0 unspecified atom stereocenters. The minimum absolute atomic E-state index is 0.260. The summed E-state index contributed by atoms with van der Waals surface area (Å²) in [4.78, 5) is 2.45. The molecule has 0 aliphatic carbocycles. The van der Waals surface area contributed by atoms with Crippen LogP contribution in [-0.4, -0.2) is 29.0 Å². The normalized spacial score (nSPS) is 20.1. The zero-order chi connectivity index (χ0) is 9.80. The first-order valence-corrected chi connectivity index (χ1v) is 7.54. The van der Waals surface area contributed by atoms with Gasteiger partial charge in [0.15, 0.2) is 0 Å². The molecule has 1 aromatic carbocycles. The van der Waals surface area contributed by atoms with Gasteiger partial charge in [-0.25, -0.2) is 0 Å². The van der Waals surface area contributed by atoms with Gasteiger partial charge in [0.25, 0.3) is 0 Å². The van der Waals surface area contributed by atoms with Crippen molar-refractivity contribution < 1.29 is 21.2 Å². The number of benzene rings is 1. The molecule has 0 atom stereocenters. The summed E-state index contributed by atoms with van der Waals surface area (Å²) in [5, 5.41) is 0. The summed E-state index contributed by atoms with van der Waals surface area (Å²) in [6.45, 7) is 2.61. The van der Waals surface area contributed by atoms with Crippen LogP contribution in [-0.2, 0) is 0 Å². The molecule has 1 nitrogen and oxygen atoms in total. The second-order valence-electron chi connectivity index (χ2n) is 3.88. The van der Waals surface area contributed by atoms with Crippen molar-refractivity contribution >= 4 is 0 Å². The van der Waals surface area contributed by atoms with Crippen LogP contribution in [0.15, 0.2) is 30.3 Å². The number of hydrogen-bond donors (Lipinski definition) is 0. The second-order valence-corrected chi connectivity index (χ2v) is 7.51. The van der Waals surface area contributed by atoms with Crippen LogP contribution in [0.5, 0.6) is 0 Å². The summed E-state index contributed by atoms with van der Waals surface area (Å²) in [5.41, 5.74) is 0. The number of rotatable bonds is 2. The third kappa shape index (κ3) is 2.95. The van der Waals surface area contributed by atoms with E-state index in [1.165, 1.54) is 25.9 Å². The topological polar surface area (TPSA) is 3.24 Å². The van der Waals surface area contributed by atoms with Gasteiger partial charge in [-0.1, -0.05) is 0 Å². The average molecular weight is 302 g/mol. The Bertz CT molecular complexity index is 265. The Morgan fingerprint density at radius 2 is 1.79 bits per heavy atom. The Kier molecular flexibility index (Phi) is 3.81. The first-order chi connectivity index (χ1) is 6.84. The van der Waals surface area contributed by atoms with Crippen LogP contribution in [0.1, 0.15) is 12.8 Å². The monoisotopic (exact) mass is 302 g/mol. The average Bonchev–Trinajstić information content (AvgIpc) is 2.23. The molecule has 0 bridgehead atoms. The van der Waals surface area contributed by atoms with Crippen LogP contribution in [0.25, 0.3) is 0 Å². The molecule has 1 aromatic rings. The van der Waals surface area contributed by atoms with Crippen molar-refractivity contribution in [3.8, 4) is 0 Å². The van der Waals surface area contributed by atoms with E-state index in [0.717, 1.165) is 3.92 Å². The number of halogens is 1. The van der Waals surface area contributed by atoms with Gasteiger partial charge in [0, 0.05) is 0 Å². The Morgan fingerprint density at radius 3 is 2.43 bits per heavy atom. The molecule has 0 radical (unpaired) electrons. The molecule has 0 aromatic heterocycles. The van der Waals surface area contributed by atoms with Crippen LogP contribution in [0.4, 0.5) is 0 Å². The van der Waals surface area contributed by atoms with Gasteiger partial charge in [-0.3, -0.25) is 0 Å². The summed E-state index contributed by atoms with van der Waals surface area (Å²) in [7, 11) is 2.23. The van der Waals surface area contributed by atoms with Crippen LogP contribution in [0.3, 0.4) is 0 Å². The van der Waals surface area contributed by atoms with Crippen LogP contribution < -0.4 is 21.2 Å². The maximum atomic E-state index is 2.45. The SMILES string of the molecule is CN1CCC([I-]c2ccccc2)CC1. The summed E-state index contributed by atoms with van der Waals surface area (Å²) in [5.74, 6) is 0. The van der Waals surface area contributed by atoms with E-state index in [-0.39, 0.29) is 21.2 Å². The van der Waals surface area contributed by atoms with E-state index in [1.807, 2.05) is 0 Å². The minimum atomic E-state index is 0.260. The predicted octanol–water partition coefficient (Wildman–Crippen LogP) is -0.961. The van der Waals surface area contributed by atoms with Crippen LogP contribution in [0, 0.1) is 3.57 Å². The van der Waals surface area contributed by atoms with Crippen molar-refractivity contribution in [3.63, 3.8) is 0 Å². The number of alkyl halides is 1. The molecule has 0 amide bonds. The Hall–Kier alpha value is -0.0900. The number of likely N-dealkylation sites (tertiary alicyclic amines) is 1. The van der Waals surface area contributed by atoms with Crippen LogP contribution >= 0.6 is 0 Å². The van der Waals surface area contributed by atoms with E-state index < -0.39 is 0 Å². The summed E-state index contributed by atoms with van der Waals surface area (Å²) in [6.07, 6.45) is 2.83. The van der Waals surface area contributed by atoms with Gasteiger partial charge in [-0.05, 0) is 0 Å². The maximum absolute atomic E-state index is 2.45. The van der Waals surface area contributed by atoms with E-state index in [0.29, 0.717) is 0 Å². The van der Waals surface area contributed by atoms with E-state index in [2.05, 4.69) is 42.3 Å². The number of piperidine rings is 1. The molecule has 0 saturated carbocycles. The van der Waals surface area contributed by atoms with Gasteiger partial charge >= 0.3 is 96.9 Å². The third-order valence-corrected chi connectivity index (χ3v) is 6.23. The molecule has 78 valence electrons. The van der Waals surface area contributed by atoms with E-state index in [1.54, 1.807) is 3.57 Å². The Morgan fingerprint density at radius 1 is 1.14 bits per heavy atom. The molecule has 2 rings (SSSR count). The van der Waals surface area contributed by atoms with Gasteiger partial charge in [-0.2, -0.15) is 0 Å². The third-order valence-electron chi connectivity index (χ3n) is 2.66. The zero-order valence-electron chi connectivity index (χ0n) is 8.62. The quantitative estimate of drug-likeness (QED) is 0.502. The number of nitrogens with zero attached hydrogens (tertiary/aromatic N) is 1. The summed E-state index contributed by atoms with van der Waals surface area (Å²) >= 11 is 0.260. The molecule has 1 fully saturated rings. The van der Waals surface area contributed by atoms with E-state index >= 15 is 0 Å². The first-order valence-electron chi connectivity index (χ1n) is 5.21. The molecule has 0 N–H and O–H groups in total. The van der Waals surface area contributed by atoms with Crippen molar-refractivity contribution in [2.45, 2.75) is 16.8 Å². The molecule has 1 saturated heterocycles. The van der Waals surface area contributed by atoms with Crippen molar-refractivity contribution in [2.75, 3.05) is 20.1 Å². The van der Waals surface area contributed by atoms with Crippen molar-refractivity contribution in [2.24, 2.45) is 0 Å². The standard InChI is InChI=1S/C12H17IN/c1-14-9-7-12(8-10-14)13-11-5-3-2-4-6-11/h2-6,12H,7-10H2,1H3/q-1. The Labute approximate surface area is 96.8 Å². The molecule has 1 aliphatic rings. The van der Waals surface area contributed by atoms with Crippen LogP contribution in [0.2, 0.25) is 0 Å². The van der Waals surface area contributed by atoms with E-state index in [4.69, 9.17) is 0 Å². The summed E-state index contributed by atoms with van der Waals surface area (Å²) < 4.78 is 2.63. The fourth-order valence-corrected chi connectivity index (χ4v) is 4.78. The second kappa shape index (κ2) is 5.12. The van der Waals surface area contributed by atoms with E-state index in [9.17, 15) is 0 Å². The van der Waals surface area contributed by atoms with Gasteiger partial charge in [-0.15, -0.1) is 0 Å². The van der Waals surface area contributed by atoms with Gasteiger partial charge in [0.05, 0.1) is 0 Å². The number of hydrogen-bond acceptors (Lipinski definition) is 1. The molecular weight excluding hydrogens is 285 g/mol. The molecule has 2 heteroatoms. The van der Waals surface area contributed by atoms with Crippen molar-refractivity contribution in [3.05, 3.63) is 33.9 Å². The van der Waals surface area contributed by atoms with Gasteiger partial charge in [0.1, 0.15) is 0 Å². The van der Waals surface area contributed by atoms with Gasteiger partial charge < -0.3 is 0 Å². The van der Waals surface area contributed by atoms with Gasteiger partial charge in [0.2, 0.25) is 0 Å². The van der Waals surface area contributed by atoms with Crippen molar-refractivity contribution in [1.29, 1.82) is 0 Å². The predicted molar refractivity (Wildman–Crippen MR) is 55.7 cm³/mol. The van der Waals surface area contributed by atoms with Crippen molar-refractivity contribution in [1.82, 2.24) is 4.90 Å². The summed E-state index contributed by atoms with van der Waals surface area (Å²) in [6, 6.07) is 11.0. The Balaban J connectivity index is 1.87. The fraction of sp³-hybridized carbons (Fsp3) is 0.500. The zero-order valence-corrected chi connectivity index (χ0v) is 10.8. The first kappa shape index (κ1) is 10.4. The fourth-order valence-electron chi connectivity index (χ4n) is 1.75. The molecule has 0 spiro atoms.